The Hall–Kier alpha value is -2.70. The molecule has 7 heteroatoms. The van der Waals surface area contributed by atoms with E-state index in [1.807, 2.05) is 49.8 Å². The van der Waals surface area contributed by atoms with E-state index in [0.29, 0.717) is 30.6 Å². The van der Waals surface area contributed by atoms with Gasteiger partial charge in [-0.15, -0.1) is 0 Å². The van der Waals surface area contributed by atoms with Crippen molar-refractivity contribution in [2.45, 2.75) is 20.4 Å². The summed E-state index contributed by atoms with van der Waals surface area (Å²) in [6, 6.07) is 7.66. The second-order valence-corrected chi connectivity index (χ2v) is 5.06. The largest absolute Gasteiger partial charge is 0.493 e. The van der Waals surface area contributed by atoms with Crippen LogP contribution in [0.25, 0.3) is 0 Å². The summed E-state index contributed by atoms with van der Waals surface area (Å²) in [7, 11) is 3.54. The van der Waals surface area contributed by atoms with Gasteiger partial charge in [-0.25, -0.2) is 4.99 Å². The lowest BCUT2D eigenvalue weighted by molar-refractivity contribution is 0.311. The van der Waals surface area contributed by atoms with Gasteiger partial charge in [0.2, 0.25) is 0 Å². The molecule has 0 spiro atoms. The van der Waals surface area contributed by atoms with Crippen molar-refractivity contribution in [3.8, 4) is 11.5 Å². The molecule has 1 aromatic heterocycles. The molecule has 0 aliphatic heterocycles. The summed E-state index contributed by atoms with van der Waals surface area (Å²) in [5.74, 6) is 2.11. The zero-order valence-corrected chi connectivity index (χ0v) is 14.7. The van der Waals surface area contributed by atoms with Crippen molar-refractivity contribution >= 4 is 11.6 Å². The summed E-state index contributed by atoms with van der Waals surface area (Å²) >= 11 is 0. The maximum Gasteiger partial charge on any atom is 0.196 e. The van der Waals surface area contributed by atoms with Gasteiger partial charge in [0.15, 0.2) is 17.5 Å². The summed E-state index contributed by atoms with van der Waals surface area (Å²) in [6.45, 7) is 5.86. The Balaban J connectivity index is 2.14. The topological polar surface area (TPSA) is 72.7 Å². The molecule has 2 rings (SSSR count). The highest BCUT2D eigenvalue weighted by Crippen LogP contribution is 2.30. The molecule has 24 heavy (non-hydrogen) atoms. The van der Waals surface area contributed by atoms with Gasteiger partial charge in [0.25, 0.3) is 0 Å². The zero-order valence-electron chi connectivity index (χ0n) is 14.7. The number of benzene rings is 1. The van der Waals surface area contributed by atoms with Gasteiger partial charge in [-0.05, 0) is 32.0 Å². The van der Waals surface area contributed by atoms with Crippen LogP contribution < -0.4 is 20.1 Å². The second-order valence-electron chi connectivity index (χ2n) is 5.06. The fourth-order valence-electron chi connectivity index (χ4n) is 2.18. The maximum absolute atomic E-state index is 5.61. The maximum atomic E-state index is 5.61. The highest BCUT2D eigenvalue weighted by atomic mass is 16.5. The van der Waals surface area contributed by atoms with E-state index in [-0.39, 0.29) is 0 Å². The van der Waals surface area contributed by atoms with E-state index in [0.717, 1.165) is 17.9 Å². The minimum atomic E-state index is 0.542. The smallest absolute Gasteiger partial charge is 0.196 e. The van der Waals surface area contributed by atoms with Gasteiger partial charge in [0.1, 0.15) is 0 Å². The molecule has 0 amide bonds. The van der Waals surface area contributed by atoms with Gasteiger partial charge in [-0.1, -0.05) is 0 Å². The molecule has 0 unspecified atom stereocenters. The number of aromatic nitrogens is 2. The van der Waals surface area contributed by atoms with Crippen molar-refractivity contribution in [1.82, 2.24) is 15.1 Å². The quantitative estimate of drug-likeness (QED) is 0.602. The van der Waals surface area contributed by atoms with Crippen LogP contribution in [0.2, 0.25) is 0 Å². The Kier molecular flexibility index (Phi) is 6.48. The third-order valence-corrected chi connectivity index (χ3v) is 3.39. The Bertz CT molecular complexity index is 681. The lowest BCUT2D eigenvalue weighted by Gasteiger charge is -2.14. The monoisotopic (exact) mass is 331 g/mol. The molecule has 130 valence electrons. The molecule has 0 atom stereocenters. The normalized spacial score (nSPS) is 11.2. The third kappa shape index (κ3) is 4.65. The Morgan fingerprint density at radius 1 is 1.25 bits per heavy atom. The van der Waals surface area contributed by atoms with Crippen LogP contribution in [-0.2, 0) is 13.6 Å². The molecule has 1 heterocycles. The average Bonchev–Trinajstić information content (AvgIpc) is 2.98. The van der Waals surface area contributed by atoms with E-state index in [2.05, 4.69) is 20.7 Å². The number of ether oxygens (including phenoxy) is 2. The molecular formula is C17H25N5O2. The first-order chi connectivity index (χ1) is 11.7. The SMILES string of the molecule is CCNC(=NCc1ccnn1C)Nc1ccc(OC)c(OCC)c1. The van der Waals surface area contributed by atoms with Crippen LogP contribution in [0.5, 0.6) is 11.5 Å². The number of rotatable bonds is 7. The van der Waals surface area contributed by atoms with Gasteiger partial charge in [0, 0.05) is 31.5 Å². The number of guanidine groups is 1. The number of nitrogens with zero attached hydrogens (tertiary/aromatic N) is 3. The predicted octanol–water partition coefficient (Wildman–Crippen LogP) is 2.41. The summed E-state index contributed by atoms with van der Waals surface area (Å²) in [6.07, 6.45) is 1.77. The highest BCUT2D eigenvalue weighted by molar-refractivity contribution is 5.93. The van der Waals surface area contributed by atoms with Crippen LogP contribution in [0.4, 0.5) is 5.69 Å². The number of aryl methyl sites for hydroxylation is 1. The molecule has 0 saturated carbocycles. The number of hydrogen-bond donors (Lipinski definition) is 2. The standard InChI is InChI=1S/C17H25N5O2/c1-5-18-17(19-12-14-9-10-20-22(14)3)21-13-7-8-15(23-4)16(11-13)24-6-2/h7-11H,5-6,12H2,1-4H3,(H2,18,19,21). The number of nitrogens with one attached hydrogen (secondary N) is 2. The van der Waals surface area contributed by atoms with E-state index in [1.165, 1.54) is 0 Å². The van der Waals surface area contributed by atoms with E-state index in [9.17, 15) is 0 Å². The molecule has 0 aliphatic carbocycles. The first kappa shape index (κ1) is 17.7. The molecular weight excluding hydrogens is 306 g/mol. The molecule has 0 radical (unpaired) electrons. The number of aliphatic imine (C=N–C) groups is 1. The number of methoxy groups -OCH3 is 1. The molecule has 2 aromatic rings. The summed E-state index contributed by atoms with van der Waals surface area (Å²) in [5.41, 5.74) is 1.92. The van der Waals surface area contributed by atoms with Crippen LogP contribution in [0, 0.1) is 0 Å². The van der Waals surface area contributed by atoms with Crippen molar-refractivity contribution in [3.63, 3.8) is 0 Å². The van der Waals surface area contributed by atoms with Crippen LogP contribution in [-0.4, -0.2) is 36.0 Å². The number of hydrogen-bond acceptors (Lipinski definition) is 4. The van der Waals surface area contributed by atoms with Crippen molar-refractivity contribution in [2.75, 3.05) is 25.6 Å². The van der Waals surface area contributed by atoms with Crippen LogP contribution >= 0.6 is 0 Å². The zero-order chi connectivity index (χ0) is 17.4. The summed E-state index contributed by atoms with van der Waals surface area (Å²) in [5, 5.41) is 10.7. The predicted molar refractivity (Wildman–Crippen MR) is 95.8 cm³/mol. The van der Waals surface area contributed by atoms with Gasteiger partial charge >= 0.3 is 0 Å². The second kappa shape index (κ2) is 8.81. The minimum absolute atomic E-state index is 0.542. The van der Waals surface area contributed by atoms with Crippen molar-refractivity contribution < 1.29 is 9.47 Å². The lowest BCUT2D eigenvalue weighted by atomic mass is 10.2. The average molecular weight is 331 g/mol. The molecule has 0 bridgehead atoms. The molecule has 0 saturated heterocycles. The van der Waals surface area contributed by atoms with Gasteiger partial charge in [-0.3, -0.25) is 4.68 Å². The van der Waals surface area contributed by atoms with E-state index >= 15 is 0 Å². The van der Waals surface area contributed by atoms with E-state index < -0.39 is 0 Å². The van der Waals surface area contributed by atoms with Crippen LogP contribution in [0.15, 0.2) is 35.5 Å². The Labute approximate surface area is 142 Å². The van der Waals surface area contributed by atoms with Crippen molar-refractivity contribution in [1.29, 1.82) is 0 Å². The van der Waals surface area contributed by atoms with E-state index in [4.69, 9.17) is 9.47 Å². The first-order valence-electron chi connectivity index (χ1n) is 8.01. The Morgan fingerprint density at radius 3 is 2.71 bits per heavy atom. The lowest BCUT2D eigenvalue weighted by Crippen LogP contribution is -2.30. The van der Waals surface area contributed by atoms with Crippen molar-refractivity contribution in [2.24, 2.45) is 12.0 Å². The fraction of sp³-hybridized carbons (Fsp3) is 0.412. The summed E-state index contributed by atoms with van der Waals surface area (Å²) < 4.78 is 12.7. The third-order valence-electron chi connectivity index (χ3n) is 3.39. The summed E-state index contributed by atoms with van der Waals surface area (Å²) in [4.78, 5) is 4.59. The van der Waals surface area contributed by atoms with Gasteiger partial charge in [0.05, 0.1) is 26.0 Å². The van der Waals surface area contributed by atoms with Gasteiger partial charge < -0.3 is 20.1 Å². The van der Waals surface area contributed by atoms with Crippen LogP contribution in [0.1, 0.15) is 19.5 Å². The minimum Gasteiger partial charge on any atom is -0.493 e. The van der Waals surface area contributed by atoms with E-state index in [1.54, 1.807) is 13.3 Å². The number of anilines is 1. The molecule has 0 fully saturated rings. The molecule has 2 N–H and O–H groups in total. The molecule has 0 aliphatic rings. The van der Waals surface area contributed by atoms with Gasteiger partial charge in [-0.2, -0.15) is 5.10 Å². The fourth-order valence-corrected chi connectivity index (χ4v) is 2.18. The molecule has 1 aromatic carbocycles. The van der Waals surface area contributed by atoms with Crippen LogP contribution in [0.3, 0.4) is 0 Å². The first-order valence-corrected chi connectivity index (χ1v) is 8.01. The molecule has 7 nitrogen and oxygen atoms in total. The highest BCUT2D eigenvalue weighted by Gasteiger charge is 2.07. The Morgan fingerprint density at radius 2 is 2.08 bits per heavy atom. The van der Waals surface area contributed by atoms with Crippen molar-refractivity contribution in [3.05, 3.63) is 36.2 Å².